The third kappa shape index (κ3) is 4.20. The number of aromatic hydroxyl groups is 1. The van der Waals surface area contributed by atoms with E-state index in [2.05, 4.69) is 0 Å². The van der Waals surface area contributed by atoms with E-state index in [0.717, 1.165) is 5.57 Å². The quantitative estimate of drug-likeness (QED) is 0.200. The van der Waals surface area contributed by atoms with E-state index in [1.54, 1.807) is 36.4 Å². The van der Waals surface area contributed by atoms with Gasteiger partial charge in [0.25, 0.3) is 0 Å². The summed E-state index contributed by atoms with van der Waals surface area (Å²) in [5, 5.41) is 11.1. The Kier molecular flexibility index (Phi) is 7.02. The number of phenols is 1. The average Bonchev–Trinajstić information content (AvgIpc) is 3.38. The lowest BCUT2D eigenvalue weighted by Crippen LogP contribution is -2.58. The molecule has 7 heteroatoms. The Hall–Kier alpha value is -5.56. The van der Waals surface area contributed by atoms with Crippen LogP contribution in [-0.2, 0) is 24.6 Å². The Bertz CT molecular complexity index is 2040. The van der Waals surface area contributed by atoms with Gasteiger partial charge in [0.2, 0.25) is 11.8 Å². The van der Waals surface area contributed by atoms with Gasteiger partial charge in [0, 0.05) is 17.4 Å². The van der Waals surface area contributed by atoms with Crippen molar-refractivity contribution in [2.75, 3.05) is 12.0 Å². The molecule has 0 spiro atoms. The zero-order chi connectivity index (χ0) is 33.2. The number of benzene rings is 4. The number of hydrogen-bond acceptors (Lipinski definition) is 6. The number of methoxy groups -OCH3 is 1. The van der Waals surface area contributed by atoms with Crippen LogP contribution in [-0.4, -0.2) is 35.6 Å². The van der Waals surface area contributed by atoms with E-state index >= 15 is 4.79 Å². The van der Waals surface area contributed by atoms with Crippen LogP contribution in [0.25, 0.3) is 5.57 Å². The van der Waals surface area contributed by atoms with Gasteiger partial charge in [0.05, 0.1) is 30.0 Å². The fraction of sp³-hybridized carbons (Fsp3) is 0.220. The second kappa shape index (κ2) is 11.3. The first-order valence-electron chi connectivity index (χ1n) is 16.3. The van der Waals surface area contributed by atoms with Gasteiger partial charge in [-0.2, -0.15) is 0 Å². The summed E-state index contributed by atoms with van der Waals surface area (Å²) in [6, 6.07) is 32.6. The normalized spacial score (nSPS) is 27.9. The molecule has 0 bridgehead atoms. The lowest BCUT2D eigenvalue weighted by molar-refractivity contribution is -0.135. The summed E-state index contributed by atoms with van der Waals surface area (Å²) >= 11 is 0. The van der Waals surface area contributed by atoms with Crippen LogP contribution in [0.5, 0.6) is 11.5 Å². The molecule has 3 aliphatic carbocycles. The molecule has 1 saturated heterocycles. The summed E-state index contributed by atoms with van der Waals surface area (Å²) in [7, 11) is 1.47. The van der Waals surface area contributed by atoms with Crippen LogP contribution in [0.1, 0.15) is 35.4 Å². The Morgan fingerprint density at radius 2 is 1.46 bits per heavy atom. The number of allylic oxidation sites excluding steroid dienone is 4. The highest BCUT2D eigenvalue weighted by atomic mass is 16.5. The van der Waals surface area contributed by atoms with Crippen molar-refractivity contribution in [3.8, 4) is 11.5 Å². The van der Waals surface area contributed by atoms with Crippen molar-refractivity contribution in [2.24, 2.45) is 23.7 Å². The molecule has 0 radical (unpaired) electrons. The number of carbonyl (C=O) groups excluding carboxylic acids is 4. The summed E-state index contributed by atoms with van der Waals surface area (Å²) in [5.41, 5.74) is 2.32. The SMILES string of the molecule is COc1ccc(C2C3=CCC4C(=O)N(c5ccccc5)C(=O)C4C3CC3C(=O)C(c4ccccc4)=CC(=O)C32c2ccccc2)cc1O. The third-order valence-corrected chi connectivity index (χ3v) is 10.9. The van der Waals surface area contributed by atoms with Crippen molar-refractivity contribution in [3.05, 3.63) is 144 Å². The van der Waals surface area contributed by atoms with Crippen molar-refractivity contribution in [2.45, 2.75) is 24.2 Å². The molecule has 2 amide bonds. The zero-order valence-corrected chi connectivity index (χ0v) is 26.3. The Morgan fingerprint density at radius 3 is 2.12 bits per heavy atom. The van der Waals surface area contributed by atoms with Crippen molar-refractivity contribution in [3.63, 3.8) is 0 Å². The van der Waals surface area contributed by atoms with E-state index in [-0.39, 0.29) is 41.3 Å². The summed E-state index contributed by atoms with van der Waals surface area (Å²) in [6.07, 6.45) is 4.06. The lowest BCUT2D eigenvalue weighted by Gasteiger charge is -2.55. The van der Waals surface area contributed by atoms with Crippen LogP contribution in [0.15, 0.2) is 127 Å². The van der Waals surface area contributed by atoms with E-state index in [1.165, 1.54) is 18.1 Å². The summed E-state index contributed by atoms with van der Waals surface area (Å²) in [5.74, 6) is -4.07. The number of ether oxygens (including phenoxy) is 1. The maximum atomic E-state index is 15.1. The minimum Gasteiger partial charge on any atom is -0.504 e. The van der Waals surface area contributed by atoms with Crippen molar-refractivity contribution >= 4 is 34.6 Å². The van der Waals surface area contributed by atoms with Crippen molar-refractivity contribution in [1.82, 2.24) is 0 Å². The first-order chi connectivity index (χ1) is 23.4. The highest BCUT2D eigenvalue weighted by Crippen LogP contribution is 2.64. The van der Waals surface area contributed by atoms with Gasteiger partial charge >= 0.3 is 0 Å². The van der Waals surface area contributed by atoms with E-state index in [0.29, 0.717) is 34.4 Å². The number of nitrogens with zero attached hydrogens (tertiary/aromatic N) is 1. The topological polar surface area (TPSA) is 101 Å². The Balaban J connectivity index is 1.37. The van der Waals surface area contributed by atoms with Gasteiger partial charge in [-0.05, 0) is 65.8 Å². The monoisotopic (exact) mass is 635 g/mol. The number of Topliss-reactive ketones (excluding diaryl/α,β-unsaturated/α-hetero) is 1. The molecule has 8 rings (SSSR count). The molecule has 4 aromatic rings. The minimum atomic E-state index is -1.36. The van der Waals surface area contributed by atoms with E-state index < -0.39 is 35.0 Å². The highest BCUT2D eigenvalue weighted by Gasteiger charge is 2.66. The number of carbonyl (C=O) groups is 4. The number of imide groups is 1. The molecule has 2 fully saturated rings. The summed E-state index contributed by atoms with van der Waals surface area (Å²) in [4.78, 5) is 59.6. The summed E-state index contributed by atoms with van der Waals surface area (Å²) < 4.78 is 5.37. The predicted octanol–water partition coefficient (Wildman–Crippen LogP) is 6.43. The molecule has 4 aromatic carbocycles. The minimum absolute atomic E-state index is 0.0938. The zero-order valence-electron chi connectivity index (χ0n) is 26.3. The van der Waals surface area contributed by atoms with Gasteiger partial charge in [0.15, 0.2) is 23.1 Å². The van der Waals surface area contributed by atoms with E-state index in [4.69, 9.17) is 4.74 Å². The van der Waals surface area contributed by atoms with Gasteiger partial charge < -0.3 is 9.84 Å². The van der Waals surface area contributed by atoms with E-state index in [1.807, 2.05) is 78.9 Å². The van der Waals surface area contributed by atoms with Crippen LogP contribution >= 0.6 is 0 Å². The molecule has 7 nitrogen and oxygen atoms in total. The number of hydrogen-bond donors (Lipinski definition) is 1. The van der Waals surface area contributed by atoms with Gasteiger partial charge in [-0.1, -0.05) is 96.6 Å². The number of anilines is 1. The lowest BCUT2D eigenvalue weighted by atomic mass is 9.44. The van der Waals surface area contributed by atoms with Gasteiger partial charge in [-0.25, -0.2) is 0 Å². The largest absolute Gasteiger partial charge is 0.504 e. The molecule has 6 unspecified atom stereocenters. The Morgan fingerprint density at radius 1 is 0.792 bits per heavy atom. The second-order valence-corrected chi connectivity index (χ2v) is 13.1. The maximum absolute atomic E-state index is 15.1. The number of phenolic OH excluding ortho intramolecular Hbond substituents is 1. The highest BCUT2D eigenvalue weighted by molar-refractivity contribution is 6.32. The average molecular weight is 636 g/mol. The number of amides is 2. The molecular weight excluding hydrogens is 602 g/mol. The number of fused-ring (bicyclic) bond motifs is 4. The van der Waals surface area contributed by atoms with Gasteiger partial charge in [-0.15, -0.1) is 0 Å². The third-order valence-electron chi connectivity index (χ3n) is 10.9. The van der Waals surface area contributed by atoms with Crippen molar-refractivity contribution in [1.29, 1.82) is 0 Å². The molecule has 48 heavy (non-hydrogen) atoms. The number of rotatable bonds is 5. The van der Waals surface area contributed by atoms with E-state index in [9.17, 15) is 19.5 Å². The molecule has 1 heterocycles. The standard InChI is InChI=1S/C41H33NO6/c1-48-34-20-17-25(21-33(34)43)37-28-18-19-29-36(40(47)42(39(29)46)27-15-9-4-10-16-27)31(28)22-32-38(45)30(24-11-5-2-6-12-24)23-35(44)41(32,37)26-13-7-3-8-14-26/h2-18,20-21,23,29,31-32,36-37,43H,19,22H2,1H3. The number of ketones is 2. The fourth-order valence-corrected chi connectivity index (χ4v) is 8.97. The first kappa shape index (κ1) is 29.8. The molecule has 4 aliphatic rings. The molecule has 1 aliphatic heterocycles. The fourth-order valence-electron chi connectivity index (χ4n) is 8.97. The molecule has 1 N–H and O–H groups in total. The smallest absolute Gasteiger partial charge is 0.238 e. The molecular formula is C41H33NO6. The summed E-state index contributed by atoms with van der Waals surface area (Å²) in [6.45, 7) is 0. The maximum Gasteiger partial charge on any atom is 0.238 e. The van der Waals surface area contributed by atoms with Crippen LogP contribution in [0.3, 0.4) is 0 Å². The molecule has 1 saturated carbocycles. The van der Waals surface area contributed by atoms with Crippen LogP contribution < -0.4 is 9.64 Å². The van der Waals surface area contributed by atoms with Crippen LogP contribution in [0, 0.1) is 23.7 Å². The Labute approximate surface area is 278 Å². The number of para-hydroxylation sites is 1. The van der Waals surface area contributed by atoms with Gasteiger partial charge in [-0.3, -0.25) is 24.1 Å². The second-order valence-electron chi connectivity index (χ2n) is 13.1. The molecule has 0 aromatic heterocycles. The molecule has 238 valence electrons. The van der Waals surface area contributed by atoms with Gasteiger partial charge in [0.1, 0.15) is 0 Å². The predicted molar refractivity (Wildman–Crippen MR) is 180 cm³/mol. The first-order valence-corrected chi connectivity index (χ1v) is 16.3. The van der Waals surface area contributed by atoms with Crippen LogP contribution in [0.2, 0.25) is 0 Å². The molecule has 6 atom stereocenters. The van der Waals surface area contributed by atoms with Crippen LogP contribution in [0.4, 0.5) is 5.69 Å². The van der Waals surface area contributed by atoms with Crippen molar-refractivity contribution < 1.29 is 29.0 Å².